The van der Waals surface area contributed by atoms with Gasteiger partial charge in [-0.15, -0.1) is 9.05 Å². The zero-order valence-corrected chi connectivity index (χ0v) is 11.8. The molecule has 1 N–H and O–H groups in total. The lowest BCUT2D eigenvalue weighted by Gasteiger charge is -2.02. The number of hydrogen-bond donors (Lipinski definition) is 1. The molecule has 0 aromatic heterocycles. The Morgan fingerprint density at radius 2 is 1.93 bits per heavy atom. The number of benzene rings is 1. The van der Waals surface area contributed by atoms with Crippen LogP contribution in [0.3, 0.4) is 0 Å². The van der Waals surface area contributed by atoms with Crippen molar-refractivity contribution in [3.63, 3.8) is 0 Å². The third-order valence-corrected chi connectivity index (χ3v) is 3.41. The summed E-state index contributed by atoms with van der Waals surface area (Å²) < 4.78 is 21.3. The maximum absolute atomic E-state index is 10.9. The minimum absolute atomic E-state index is 0.120. The van der Waals surface area contributed by atoms with E-state index in [9.17, 15) is 9.67 Å². The summed E-state index contributed by atoms with van der Waals surface area (Å²) in [6.45, 7) is 0.153. The summed E-state index contributed by atoms with van der Waals surface area (Å²) >= 11 is 6.36. The van der Waals surface area contributed by atoms with Crippen LogP contribution in [-0.2, 0) is 20.2 Å². The smallest absolute Gasteiger partial charge is 0.506 e. The van der Waals surface area contributed by atoms with Crippen molar-refractivity contribution < 1.29 is 18.7 Å². The summed E-state index contributed by atoms with van der Waals surface area (Å²) in [6, 6.07) is 3.36. The molecule has 1 unspecified atom stereocenters. The predicted molar refractivity (Wildman–Crippen MR) is 62.9 cm³/mol. The molecule has 0 spiro atoms. The first-order valence-electron chi connectivity index (χ1n) is 3.85. The molecule has 0 fully saturated rings. The monoisotopic (exact) mass is 357 g/mol. The first-order chi connectivity index (χ1) is 7.04. The molecule has 1 aromatic rings. The average molecular weight is 359 g/mol. The van der Waals surface area contributed by atoms with Crippen LogP contribution >= 0.6 is 40.1 Å². The van der Waals surface area contributed by atoms with Gasteiger partial charge < -0.3 is 5.11 Å². The van der Waals surface area contributed by atoms with Crippen molar-refractivity contribution in [3.05, 3.63) is 26.6 Å². The largest absolute Gasteiger partial charge is 0.697 e. The third-order valence-electron chi connectivity index (χ3n) is 1.56. The minimum Gasteiger partial charge on any atom is -0.506 e. The molecular weight excluding hydrogens is 351 g/mol. The molecule has 0 aliphatic heterocycles. The number of phenols is 1. The zero-order chi connectivity index (χ0) is 11.4. The van der Waals surface area contributed by atoms with E-state index in [0.29, 0.717) is 8.95 Å². The minimum atomic E-state index is -2.07. The second kappa shape index (κ2) is 5.92. The SMILES string of the molecule is CO[P+](=O)OCc1cc(Br)c(O)c(Br)c1. The van der Waals surface area contributed by atoms with Crippen LogP contribution in [0.4, 0.5) is 0 Å². The quantitative estimate of drug-likeness (QED) is 0.833. The van der Waals surface area contributed by atoms with Gasteiger partial charge in [-0.2, -0.15) is 0 Å². The van der Waals surface area contributed by atoms with E-state index in [4.69, 9.17) is 4.52 Å². The van der Waals surface area contributed by atoms with Crippen LogP contribution in [0.5, 0.6) is 5.75 Å². The number of aromatic hydroxyl groups is 1. The van der Waals surface area contributed by atoms with Gasteiger partial charge in [-0.25, -0.2) is 0 Å². The maximum Gasteiger partial charge on any atom is 0.697 e. The Kier molecular flexibility index (Phi) is 5.15. The standard InChI is InChI=1S/C8H7Br2O4P/c1-13-15(12)14-4-5-2-6(9)8(11)7(10)3-5/h2-3H,4H2,1H3/p+1. The second-order valence-electron chi connectivity index (χ2n) is 2.59. The molecule has 82 valence electrons. The Balaban J connectivity index is 2.75. The molecule has 1 aromatic carbocycles. The van der Waals surface area contributed by atoms with Crippen molar-refractivity contribution in [2.24, 2.45) is 0 Å². The van der Waals surface area contributed by atoms with Crippen LogP contribution < -0.4 is 0 Å². The van der Waals surface area contributed by atoms with Crippen molar-refractivity contribution in [1.82, 2.24) is 0 Å². The highest BCUT2D eigenvalue weighted by Gasteiger charge is 2.17. The fourth-order valence-electron chi connectivity index (χ4n) is 0.881. The molecule has 1 atom stereocenters. The zero-order valence-electron chi connectivity index (χ0n) is 7.74. The summed E-state index contributed by atoms with van der Waals surface area (Å²) in [6.07, 6.45) is 0. The fourth-order valence-corrected chi connectivity index (χ4v) is 2.52. The molecule has 0 amide bonds. The first kappa shape index (κ1) is 13.1. The summed E-state index contributed by atoms with van der Waals surface area (Å²) in [5, 5.41) is 9.44. The Bertz CT molecular complexity index is 360. The summed E-state index contributed by atoms with van der Waals surface area (Å²) in [5.41, 5.74) is 0.770. The summed E-state index contributed by atoms with van der Waals surface area (Å²) in [7, 11) is -0.765. The van der Waals surface area contributed by atoms with E-state index in [0.717, 1.165) is 5.56 Å². The number of hydrogen-bond acceptors (Lipinski definition) is 4. The Morgan fingerprint density at radius 1 is 1.40 bits per heavy atom. The van der Waals surface area contributed by atoms with Gasteiger partial charge in [0.25, 0.3) is 0 Å². The predicted octanol–water partition coefficient (Wildman–Crippen LogP) is 3.74. The highest BCUT2D eigenvalue weighted by atomic mass is 79.9. The highest BCUT2D eigenvalue weighted by Crippen LogP contribution is 2.34. The van der Waals surface area contributed by atoms with Crippen molar-refractivity contribution >= 4 is 40.1 Å². The molecule has 0 aliphatic carbocycles. The van der Waals surface area contributed by atoms with E-state index in [1.807, 2.05) is 0 Å². The van der Waals surface area contributed by atoms with Crippen molar-refractivity contribution in [1.29, 1.82) is 0 Å². The lowest BCUT2D eigenvalue weighted by atomic mass is 10.2. The van der Waals surface area contributed by atoms with Gasteiger partial charge >= 0.3 is 8.25 Å². The molecule has 0 radical (unpaired) electrons. The molecule has 0 heterocycles. The van der Waals surface area contributed by atoms with Gasteiger partial charge in [0.2, 0.25) is 0 Å². The Hall–Kier alpha value is -0.0000000000000000555. The summed E-state index contributed by atoms with van der Waals surface area (Å²) in [5.74, 6) is 0.120. The maximum atomic E-state index is 10.9. The molecule has 4 nitrogen and oxygen atoms in total. The molecule has 7 heteroatoms. The normalized spacial score (nSPS) is 11.5. The van der Waals surface area contributed by atoms with E-state index in [2.05, 4.69) is 36.4 Å². The van der Waals surface area contributed by atoms with Crippen LogP contribution in [-0.4, -0.2) is 12.2 Å². The molecule has 0 bridgehead atoms. The molecular formula is C8H8Br2O4P+. The lowest BCUT2D eigenvalue weighted by Crippen LogP contribution is -1.87. The molecule has 0 saturated carbocycles. The highest BCUT2D eigenvalue weighted by molar-refractivity contribution is 9.11. The van der Waals surface area contributed by atoms with Crippen molar-refractivity contribution in [3.8, 4) is 5.75 Å². The van der Waals surface area contributed by atoms with Crippen molar-refractivity contribution in [2.45, 2.75) is 6.61 Å². The van der Waals surface area contributed by atoms with E-state index in [1.165, 1.54) is 7.11 Å². The second-order valence-corrected chi connectivity index (χ2v) is 5.37. The Labute approximate surface area is 105 Å². The van der Waals surface area contributed by atoms with Gasteiger partial charge in [-0.1, -0.05) is 0 Å². The molecule has 0 saturated heterocycles. The lowest BCUT2D eigenvalue weighted by molar-refractivity contribution is 0.248. The first-order valence-corrected chi connectivity index (χ1v) is 6.54. The van der Waals surface area contributed by atoms with Crippen LogP contribution in [0.2, 0.25) is 0 Å². The van der Waals surface area contributed by atoms with E-state index < -0.39 is 8.25 Å². The van der Waals surface area contributed by atoms with Crippen LogP contribution in [0, 0.1) is 0 Å². The van der Waals surface area contributed by atoms with Gasteiger partial charge in [-0.05, 0) is 49.6 Å². The van der Waals surface area contributed by atoms with E-state index >= 15 is 0 Å². The van der Waals surface area contributed by atoms with Crippen LogP contribution in [0.1, 0.15) is 5.56 Å². The van der Waals surface area contributed by atoms with Gasteiger partial charge in [0.05, 0.1) is 16.1 Å². The number of rotatable bonds is 4. The third kappa shape index (κ3) is 3.81. The number of halogens is 2. The van der Waals surface area contributed by atoms with Gasteiger partial charge in [0, 0.05) is 4.57 Å². The van der Waals surface area contributed by atoms with Gasteiger partial charge in [0.1, 0.15) is 12.4 Å². The Morgan fingerprint density at radius 3 is 2.40 bits per heavy atom. The van der Waals surface area contributed by atoms with Gasteiger partial charge in [0.15, 0.2) is 0 Å². The average Bonchev–Trinajstić information content (AvgIpc) is 2.22. The van der Waals surface area contributed by atoms with Gasteiger partial charge in [-0.3, -0.25) is 0 Å². The summed E-state index contributed by atoms with van der Waals surface area (Å²) in [4.78, 5) is 0. The van der Waals surface area contributed by atoms with Crippen molar-refractivity contribution in [2.75, 3.05) is 7.11 Å². The van der Waals surface area contributed by atoms with E-state index in [1.54, 1.807) is 12.1 Å². The topological polar surface area (TPSA) is 55.8 Å². The van der Waals surface area contributed by atoms with E-state index in [-0.39, 0.29) is 12.4 Å². The van der Waals surface area contributed by atoms with Crippen LogP contribution in [0.15, 0.2) is 21.1 Å². The molecule has 0 aliphatic rings. The molecule has 1 rings (SSSR count). The number of phenolic OH excluding ortho intramolecular Hbond substituents is 1. The molecule has 15 heavy (non-hydrogen) atoms. The fraction of sp³-hybridized carbons (Fsp3) is 0.250. The van der Waals surface area contributed by atoms with Crippen LogP contribution in [0.25, 0.3) is 0 Å².